The number of aryl methyl sites for hydroxylation is 2. The summed E-state index contributed by atoms with van der Waals surface area (Å²) in [5, 5.41) is 18.5. The van der Waals surface area contributed by atoms with Crippen LogP contribution < -0.4 is 10.6 Å². The average Bonchev–Trinajstić information content (AvgIpc) is 3.38. The monoisotopic (exact) mass is 545 g/mol. The van der Waals surface area contributed by atoms with Crippen molar-refractivity contribution in [1.29, 1.82) is 0 Å². The minimum absolute atomic E-state index is 0.138. The van der Waals surface area contributed by atoms with Crippen LogP contribution in [0.5, 0.6) is 5.75 Å². The van der Waals surface area contributed by atoms with Gasteiger partial charge in [0.15, 0.2) is 21.6 Å². The van der Waals surface area contributed by atoms with Crippen molar-refractivity contribution in [3.8, 4) is 5.75 Å². The van der Waals surface area contributed by atoms with Gasteiger partial charge in [-0.05, 0) is 30.9 Å². The predicted octanol–water partition coefficient (Wildman–Crippen LogP) is 4.34. The van der Waals surface area contributed by atoms with Crippen LogP contribution >= 0.6 is 22.7 Å². The molecule has 9 nitrogen and oxygen atoms in total. The van der Waals surface area contributed by atoms with Gasteiger partial charge in [-0.2, -0.15) is 4.31 Å². The molecule has 3 heterocycles. The van der Waals surface area contributed by atoms with E-state index >= 15 is 0 Å². The molecule has 0 amide bonds. The lowest BCUT2D eigenvalue weighted by Crippen LogP contribution is -2.41. The average molecular weight is 546 g/mol. The van der Waals surface area contributed by atoms with Crippen LogP contribution in [0.15, 0.2) is 24.5 Å². The van der Waals surface area contributed by atoms with Crippen LogP contribution in [0.3, 0.4) is 0 Å². The van der Waals surface area contributed by atoms with Crippen LogP contribution in [0.1, 0.15) is 56.0 Å². The van der Waals surface area contributed by atoms with E-state index in [1.807, 2.05) is 0 Å². The minimum Gasteiger partial charge on any atom is -0.504 e. The highest BCUT2D eigenvalue weighted by atomic mass is 32.2. The van der Waals surface area contributed by atoms with Crippen LogP contribution in [0.25, 0.3) is 0 Å². The molecule has 1 aliphatic heterocycles. The zero-order valence-corrected chi connectivity index (χ0v) is 23.6. The van der Waals surface area contributed by atoms with E-state index in [4.69, 9.17) is 0 Å². The minimum atomic E-state index is -3.83. The molecule has 188 valence electrons. The van der Waals surface area contributed by atoms with E-state index in [2.05, 4.69) is 60.1 Å². The summed E-state index contributed by atoms with van der Waals surface area (Å²) in [6.45, 7) is 14.5. The normalized spacial score (nSPS) is 17.6. The Morgan fingerprint density at radius 3 is 2.32 bits per heavy atom. The van der Waals surface area contributed by atoms with Crippen molar-refractivity contribution in [3.05, 3.63) is 26.8 Å². The van der Waals surface area contributed by atoms with Crippen LogP contribution in [0, 0.1) is 19.3 Å². The third-order valence-electron chi connectivity index (χ3n) is 5.44. The van der Waals surface area contributed by atoms with Gasteiger partial charge >= 0.3 is 0 Å². The molecule has 0 spiro atoms. The van der Waals surface area contributed by atoms with E-state index in [9.17, 15) is 17.7 Å². The summed E-state index contributed by atoms with van der Waals surface area (Å²) < 4.78 is 47.2. The molecule has 0 saturated heterocycles. The lowest BCUT2D eigenvalue weighted by Gasteiger charge is -2.31. The van der Waals surface area contributed by atoms with Crippen LogP contribution in [0.4, 0.5) is 5.69 Å². The Bertz CT molecular complexity index is 1230. The van der Waals surface area contributed by atoms with Crippen molar-refractivity contribution in [1.82, 2.24) is 9.62 Å². The van der Waals surface area contributed by atoms with Gasteiger partial charge in [-0.15, -0.1) is 31.5 Å². The Morgan fingerprint density at radius 2 is 1.79 bits per heavy atom. The number of rotatable bonds is 7. The smallest absolute Gasteiger partial charge is 0.269 e. The number of amidine groups is 2. The Kier molecular flexibility index (Phi) is 7.92. The van der Waals surface area contributed by atoms with Gasteiger partial charge in [-0.3, -0.25) is 0 Å². The Labute approximate surface area is 211 Å². The first kappa shape index (κ1) is 26.8. The molecule has 34 heavy (non-hydrogen) atoms. The number of nitrogens with one attached hydrogen (secondary N) is 2. The van der Waals surface area contributed by atoms with Crippen molar-refractivity contribution in [2.75, 3.05) is 18.4 Å². The van der Waals surface area contributed by atoms with E-state index in [0.29, 0.717) is 18.9 Å². The van der Waals surface area contributed by atoms with Crippen LogP contribution in [0.2, 0.25) is 0 Å². The predicted molar refractivity (Wildman–Crippen MR) is 142 cm³/mol. The highest BCUT2D eigenvalue weighted by Crippen LogP contribution is 2.40. The third kappa shape index (κ3) is 5.38. The summed E-state index contributed by atoms with van der Waals surface area (Å²) in [4.78, 5) is 2.34. The standard InChI is InChI=1S/C21H31N5O4S4/c1-8-26(9-2)34(29,30)20-16(27)14(11-31-20)22-18-19(25-33(28)24-18)23-17(21(5,6)7)15-10-12(3)13(4)32-15/h10-11,17,27H,8-9H2,1-7H3,(H,22,24)(H,23,25)/t17-,33?/m0/s1. The second kappa shape index (κ2) is 10.1. The molecule has 2 aromatic heterocycles. The summed E-state index contributed by atoms with van der Waals surface area (Å²) in [5.41, 5.74) is 1.17. The van der Waals surface area contributed by atoms with Gasteiger partial charge in [0.25, 0.3) is 21.2 Å². The number of anilines is 1. The van der Waals surface area contributed by atoms with E-state index < -0.39 is 26.9 Å². The summed E-state index contributed by atoms with van der Waals surface area (Å²) in [5.74, 6) is 0.0756. The summed E-state index contributed by atoms with van der Waals surface area (Å²) in [7, 11) is -3.83. The fraction of sp³-hybridized carbons (Fsp3) is 0.524. The SMILES string of the molecule is CCN(CC)S(=O)(=O)c1scc(NC2=NS(=O)N=C2N[C@@H](c2cc(C)c(C)s2)C(C)(C)C)c1O. The maximum absolute atomic E-state index is 12.9. The molecule has 0 fully saturated rings. The highest BCUT2D eigenvalue weighted by Gasteiger charge is 2.33. The fourth-order valence-electron chi connectivity index (χ4n) is 3.45. The van der Waals surface area contributed by atoms with Crippen LogP contribution in [-0.4, -0.2) is 46.8 Å². The molecule has 2 aromatic rings. The molecule has 3 rings (SSSR count). The lowest BCUT2D eigenvalue weighted by atomic mass is 9.85. The van der Waals surface area contributed by atoms with Gasteiger partial charge < -0.3 is 15.7 Å². The van der Waals surface area contributed by atoms with Gasteiger partial charge in [0.1, 0.15) is 0 Å². The number of aromatic hydroxyl groups is 1. The van der Waals surface area contributed by atoms with Crippen molar-refractivity contribution in [3.63, 3.8) is 0 Å². The molecule has 0 radical (unpaired) electrons. The lowest BCUT2D eigenvalue weighted by molar-refractivity contribution is 0.307. The van der Waals surface area contributed by atoms with E-state index in [1.165, 1.54) is 20.1 Å². The van der Waals surface area contributed by atoms with Crippen LogP contribution in [-0.2, 0) is 21.2 Å². The molecule has 0 aliphatic carbocycles. The molecule has 1 unspecified atom stereocenters. The topological polar surface area (TPSA) is 123 Å². The molecular weight excluding hydrogens is 515 g/mol. The number of thiophene rings is 2. The Balaban J connectivity index is 1.89. The summed E-state index contributed by atoms with van der Waals surface area (Å²) >= 11 is 0.773. The zero-order valence-electron chi connectivity index (χ0n) is 20.3. The molecule has 0 saturated carbocycles. The fourth-order valence-corrected chi connectivity index (χ4v) is 8.25. The Morgan fingerprint density at radius 1 is 1.18 bits per heavy atom. The zero-order chi connectivity index (χ0) is 25.4. The van der Waals surface area contributed by atoms with Gasteiger partial charge in [0, 0.05) is 28.2 Å². The number of hydrogen-bond acceptors (Lipinski definition) is 8. The maximum atomic E-state index is 12.9. The first-order valence-corrected chi connectivity index (χ1v) is 15.0. The Hall–Kier alpha value is -1.80. The molecule has 3 N–H and O–H groups in total. The molecule has 13 heteroatoms. The summed E-state index contributed by atoms with van der Waals surface area (Å²) in [6, 6.07) is 2.00. The second-order valence-electron chi connectivity index (χ2n) is 8.94. The molecular formula is C21H31N5O4S4. The van der Waals surface area contributed by atoms with Crippen molar-refractivity contribution in [2.24, 2.45) is 14.2 Å². The van der Waals surface area contributed by atoms with E-state index in [-0.39, 0.29) is 27.2 Å². The quantitative estimate of drug-likeness (QED) is 0.476. The largest absolute Gasteiger partial charge is 0.504 e. The van der Waals surface area contributed by atoms with Gasteiger partial charge in [0.2, 0.25) is 0 Å². The molecule has 0 bridgehead atoms. The van der Waals surface area contributed by atoms with Crippen molar-refractivity contribution >= 4 is 61.2 Å². The summed E-state index contributed by atoms with van der Waals surface area (Å²) in [6.07, 6.45) is 0. The maximum Gasteiger partial charge on any atom is 0.269 e. The van der Waals surface area contributed by atoms with E-state index in [1.54, 1.807) is 25.2 Å². The molecule has 1 aliphatic rings. The third-order valence-corrected chi connectivity index (χ3v) is 10.9. The van der Waals surface area contributed by atoms with Gasteiger partial charge in [0.05, 0.1) is 11.7 Å². The molecule has 0 aromatic carbocycles. The first-order valence-electron chi connectivity index (χ1n) is 10.8. The number of sulfonamides is 1. The number of nitrogens with zero attached hydrogens (tertiary/aromatic N) is 3. The van der Waals surface area contributed by atoms with E-state index in [0.717, 1.165) is 16.2 Å². The highest BCUT2D eigenvalue weighted by molar-refractivity contribution is 7.91. The number of hydrogen-bond donors (Lipinski definition) is 3. The van der Waals surface area contributed by atoms with Gasteiger partial charge in [-0.25, -0.2) is 12.6 Å². The second-order valence-corrected chi connectivity index (χ2v) is 14.1. The van der Waals surface area contributed by atoms with Gasteiger partial charge in [-0.1, -0.05) is 34.6 Å². The molecule has 2 atom stereocenters. The van der Waals surface area contributed by atoms with Crippen molar-refractivity contribution in [2.45, 2.75) is 58.7 Å². The first-order chi connectivity index (χ1) is 15.8. The van der Waals surface area contributed by atoms with Crippen molar-refractivity contribution < 1.29 is 17.7 Å².